The summed E-state index contributed by atoms with van der Waals surface area (Å²) in [7, 11) is -3.80. The summed E-state index contributed by atoms with van der Waals surface area (Å²) in [5.74, 6) is -0.270. The van der Waals surface area contributed by atoms with Gasteiger partial charge in [-0.05, 0) is 44.4 Å². The van der Waals surface area contributed by atoms with Gasteiger partial charge in [-0.3, -0.25) is 4.79 Å². The second kappa shape index (κ2) is 8.57. The van der Waals surface area contributed by atoms with E-state index in [-0.39, 0.29) is 30.0 Å². The number of hydrogen-bond acceptors (Lipinski definition) is 5. The lowest BCUT2D eigenvalue weighted by Gasteiger charge is -2.26. The number of aliphatic hydroxyl groups is 1. The van der Waals surface area contributed by atoms with Crippen LogP contribution in [0.2, 0.25) is 0 Å². The Morgan fingerprint density at radius 1 is 1.42 bits per heavy atom. The van der Waals surface area contributed by atoms with Crippen molar-refractivity contribution in [3.63, 3.8) is 0 Å². The van der Waals surface area contributed by atoms with Gasteiger partial charge in [0.25, 0.3) is 5.91 Å². The van der Waals surface area contributed by atoms with Crippen LogP contribution in [0.25, 0.3) is 0 Å². The molecule has 1 aliphatic rings. The van der Waals surface area contributed by atoms with Gasteiger partial charge >= 0.3 is 0 Å². The summed E-state index contributed by atoms with van der Waals surface area (Å²) in [6, 6.07) is 6.05. The number of carbonyl (C=O) groups is 1. The molecule has 0 aromatic heterocycles. The van der Waals surface area contributed by atoms with Crippen LogP contribution in [0, 0.1) is 0 Å². The number of aliphatic hydroxyl groups excluding tert-OH is 1. The molecule has 1 aliphatic carbocycles. The third kappa shape index (κ3) is 5.27. The Labute approximate surface area is 142 Å². The highest BCUT2D eigenvalue weighted by molar-refractivity contribution is 7.89. The third-order valence-electron chi connectivity index (χ3n) is 3.87. The average Bonchev–Trinajstić information content (AvgIpc) is 2.54. The smallest absolute Gasteiger partial charge is 0.251 e. The molecule has 0 aliphatic heterocycles. The van der Waals surface area contributed by atoms with Gasteiger partial charge in [-0.15, -0.1) is 0 Å². The van der Waals surface area contributed by atoms with Gasteiger partial charge in [0.05, 0.1) is 17.6 Å². The van der Waals surface area contributed by atoms with Crippen molar-refractivity contribution in [1.82, 2.24) is 10.0 Å². The number of sulfonamides is 1. The second-order valence-corrected chi connectivity index (χ2v) is 7.56. The number of nitrogens with one attached hydrogen (secondary N) is 2. The van der Waals surface area contributed by atoms with Gasteiger partial charge in [-0.25, -0.2) is 13.1 Å². The van der Waals surface area contributed by atoms with Gasteiger partial charge in [0, 0.05) is 24.8 Å². The fourth-order valence-electron chi connectivity index (χ4n) is 2.23. The van der Waals surface area contributed by atoms with Crippen molar-refractivity contribution in [1.29, 1.82) is 0 Å². The number of carbonyl (C=O) groups excluding carboxylic acids is 1. The molecule has 0 heterocycles. The van der Waals surface area contributed by atoms with E-state index >= 15 is 0 Å². The van der Waals surface area contributed by atoms with Crippen LogP contribution in [0.4, 0.5) is 0 Å². The molecule has 1 atom stereocenters. The van der Waals surface area contributed by atoms with Gasteiger partial charge in [0.1, 0.15) is 0 Å². The molecule has 7 nitrogen and oxygen atoms in total. The maximum Gasteiger partial charge on any atom is 0.251 e. The fourth-order valence-corrected chi connectivity index (χ4v) is 3.35. The van der Waals surface area contributed by atoms with E-state index in [1.807, 2.05) is 0 Å². The van der Waals surface area contributed by atoms with E-state index in [4.69, 9.17) is 4.74 Å². The zero-order valence-corrected chi connectivity index (χ0v) is 14.5. The first-order chi connectivity index (χ1) is 11.4. The minimum atomic E-state index is -3.80. The zero-order chi connectivity index (χ0) is 17.6. The minimum Gasteiger partial charge on any atom is -0.389 e. The lowest BCUT2D eigenvalue weighted by atomic mass is 9.93. The van der Waals surface area contributed by atoms with Gasteiger partial charge in [-0.1, -0.05) is 6.07 Å². The van der Waals surface area contributed by atoms with Crippen LogP contribution in [0.3, 0.4) is 0 Å². The standard InChI is InChI=1S/C16H24N2O5S/c1-2-23-11-14(19)10-17-24(21,22)15-8-3-5-12(9-15)16(20)18-13-6-4-7-13/h3,5,8-9,13-14,17,19H,2,4,6-7,10-11H2,1H3,(H,18,20)/t14-/m0/s1. The molecule has 1 amide bonds. The molecule has 1 saturated carbocycles. The van der Waals surface area contributed by atoms with E-state index in [2.05, 4.69) is 10.0 Å². The summed E-state index contributed by atoms with van der Waals surface area (Å²) >= 11 is 0. The van der Waals surface area contributed by atoms with Crippen molar-refractivity contribution in [2.45, 2.75) is 43.2 Å². The number of rotatable bonds is 9. The SMILES string of the molecule is CCOC[C@@H](O)CNS(=O)(=O)c1cccc(C(=O)NC2CCC2)c1. The first-order valence-electron chi connectivity index (χ1n) is 8.08. The van der Waals surface area contributed by atoms with Crippen molar-refractivity contribution in [2.24, 2.45) is 0 Å². The first kappa shape index (κ1) is 18.9. The average molecular weight is 356 g/mol. The monoisotopic (exact) mass is 356 g/mol. The van der Waals surface area contributed by atoms with Crippen LogP contribution in [-0.4, -0.2) is 51.3 Å². The molecule has 24 heavy (non-hydrogen) atoms. The van der Waals surface area contributed by atoms with E-state index in [9.17, 15) is 18.3 Å². The molecule has 0 bridgehead atoms. The molecule has 1 aromatic rings. The minimum absolute atomic E-state index is 0.00707. The summed E-state index contributed by atoms with van der Waals surface area (Å²) in [5.41, 5.74) is 0.305. The highest BCUT2D eigenvalue weighted by atomic mass is 32.2. The Hall–Kier alpha value is -1.48. The van der Waals surface area contributed by atoms with Crippen LogP contribution < -0.4 is 10.0 Å². The second-order valence-electron chi connectivity index (χ2n) is 5.79. The highest BCUT2D eigenvalue weighted by Crippen LogP contribution is 2.19. The Kier molecular flexibility index (Phi) is 6.73. The highest BCUT2D eigenvalue weighted by Gasteiger charge is 2.22. The van der Waals surface area contributed by atoms with E-state index in [0.29, 0.717) is 12.2 Å². The molecule has 8 heteroatoms. The summed E-state index contributed by atoms with van der Waals surface area (Å²) < 4.78 is 31.9. The molecule has 1 aromatic carbocycles. The summed E-state index contributed by atoms with van der Waals surface area (Å²) in [5, 5.41) is 12.5. The number of benzene rings is 1. The van der Waals surface area contributed by atoms with Crippen molar-refractivity contribution >= 4 is 15.9 Å². The Balaban J connectivity index is 1.99. The maximum absolute atomic E-state index is 12.3. The molecule has 0 radical (unpaired) electrons. The molecule has 3 N–H and O–H groups in total. The topological polar surface area (TPSA) is 105 Å². The largest absolute Gasteiger partial charge is 0.389 e. The van der Waals surface area contributed by atoms with Crippen molar-refractivity contribution < 1.29 is 23.1 Å². The number of hydrogen-bond donors (Lipinski definition) is 3. The molecule has 0 spiro atoms. The van der Waals surface area contributed by atoms with E-state index in [1.165, 1.54) is 18.2 Å². The summed E-state index contributed by atoms with van der Waals surface area (Å²) in [6.45, 7) is 2.14. The van der Waals surface area contributed by atoms with Crippen LogP contribution in [-0.2, 0) is 14.8 Å². The van der Waals surface area contributed by atoms with Crippen molar-refractivity contribution in [2.75, 3.05) is 19.8 Å². The van der Waals surface area contributed by atoms with Crippen molar-refractivity contribution in [3.8, 4) is 0 Å². The maximum atomic E-state index is 12.3. The van der Waals surface area contributed by atoms with E-state index in [0.717, 1.165) is 19.3 Å². The number of ether oxygens (including phenoxy) is 1. The molecular weight excluding hydrogens is 332 g/mol. The molecule has 134 valence electrons. The summed E-state index contributed by atoms with van der Waals surface area (Å²) in [6.07, 6.45) is 2.10. The predicted molar refractivity (Wildman–Crippen MR) is 89.2 cm³/mol. The quantitative estimate of drug-likeness (QED) is 0.602. The first-order valence-corrected chi connectivity index (χ1v) is 9.57. The lowest BCUT2D eigenvalue weighted by Crippen LogP contribution is -2.39. The molecule has 1 fully saturated rings. The van der Waals surface area contributed by atoms with E-state index in [1.54, 1.807) is 13.0 Å². The Morgan fingerprint density at radius 2 is 2.17 bits per heavy atom. The van der Waals surface area contributed by atoms with Crippen molar-refractivity contribution in [3.05, 3.63) is 29.8 Å². The normalized spacial score (nSPS) is 16.4. The van der Waals surface area contributed by atoms with Crippen LogP contribution in [0.15, 0.2) is 29.2 Å². The van der Waals surface area contributed by atoms with Gasteiger partial charge in [0.15, 0.2) is 0 Å². The predicted octanol–water partition coefficient (Wildman–Crippen LogP) is 0.645. The number of amides is 1. The summed E-state index contributed by atoms with van der Waals surface area (Å²) in [4.78, 5) is 12.1. The molecule has 0 saturated heterocycles. The third-order valence-corrected chi connectivity index (χ3v) is 5.29. The molecule has 0 unspecified atom stereocenters. The Morgan fingerprint density at radius 3 is 2.79 bits per heavy atom. The Bertz CT molecular complexity index is 658. The van der Waals surface area contributed by atoms with E-state index < -0.39 is 16.1 Å². The lowest BCUT2D eigenvalue weighted by molar-refractivity contribution is 0.0456. The van der Waals surface area contributed by atoms with Gasteiger partial charge in [0.2, 0.25) is 10.0 Å². The van der Waals surface area contributed by atoms with Crippen LogP contribution in [0.1, 0.15) is 36.5 Å². The molecule has 2 rings (SSSR count). The van der Waals surface area contributed by atoms with Gasteiger partial charge < -0.3 is 15.2 Å². The zero-order valence-electron chi connectivity index (χ0n) is 13.7. The molecular formula is C16H24N2O5S. The fraction of sp³-hybridized carbons (Fsp3) is 0.562. The van der Waals surface area contributed by atoms with Gasteiger partial charge in [-0.2, -0.15) is 0 Å². The van der Waals surface area contributed by atoms with Crippen LogP contribution in [0.5, 0.6) is 0 Å². The van der Waals surface area contributed by atoms with Crippen LogP contribution >= 0.6 is 0 Å².